The Morgan fingerprint density at radius 1 is 1.12 bits per heavy atom. The van der Waals surface area contributed by atoms with Crippen LogP contribution in [-0.4, -0.2) is 40.7 Å². The average molecular weight is 274 g/mol. The topological polar surface area (TPSA) is 52.6 Å². The summed E-state index contributed by atoms with van der Waals surface area (Å²) < 4.78 is 65.8. The molecule has 0 aromatic rings. The summed E-state index contributed by atoms with van der Waals surface area (Å²) in [5, 5.41) is 0. The van der Waals surface area contributed by atoms with Gasteiger partial charge in [0, 0.05) is 0 Å². The zero-order valence-corrected chi connectivity index (χ0v) is 9.92. The van der Waals surface area contributed by atoms with E-state index in [1.165, 1.54) is 0 Å². The Hall–Kier alpha value is -0.340. The summed E-state index contributed by atoms with van der Waals surface area (Å²) in [5.74, 6) is 0.935. The van der Waals surface area contributed by atoms with Gasteiger partial charge in [-0.2, -0.15) is 21.6 Å². The Bertz CT molecular complexity index is 382. The van der Waals surface area contributed by atoms with Crippen LogP contribution in [0.5, 0.6) is 0 Å². The van der Waals surface area contributed by atoms with Crippen LogP contribution in [0.4, 0.5) is 13.2 Å². The Morgan fingerprint density at radius 3 is 2.12 bits per heavy atom. The lowest BCUT2D eigenvalue weighted by molar-refractivity contribution is -0.175. The van der Waals surface area contributed by atoms with Gasteiger partial charge in [0.25, 0.3) is 10.1 Å². The molecule has 0 N–H and O–H groups in total. The van der Waals surface area contributed by atoms with Crippen LogP contribution in [0.2, 0.25) is 0 Å². The van der Waals surface area contributed by atoms with Crippen LogP contribution in [0.25, 0.3) is 0 Å². The fourth-order valence-electron chi connectivity index (χ4n) is 2.30. The van der Waals surface area contributed by atoms with E-state index in [1.807, 2.05) is 0 Å². The van der Waals surface area contributed by atoms with Crippen LogP contribution in [-0.2, 0) is 19.0 Å². The van der Waals surface area contributed by atoms with Gasteiger partial charge in [-0.15, -0.1) is 0 Å². The molecule has 0 saturated heterocycles. The van der Waals surface area contributed by atoms with E-state index < -0.39 is 22.9 Å². The van der Waals surface area contributed by atoms with E-state index in [0.29, 0.717) is 11.8 Å². The van der Waals surface area contributed by atoms with Gasteiger partial charge in [-0.05, 0) is 23.7 Å². The first-order valence-electron chi connectivity index (χ1n) is 5.18. The van der Waals surface area contributed by atoms with Crippen molar-refractivity contribution in [3.8, 4) is 0 Å². The van der Waals surface area contributed by atoms with Crippen LogP contribution >= 0.6 is 0 Å². The van der Waals surface area contributed by atoms with Gasteiger partial charge in [0.2, 0.25) is 0 Å². The highest BCUT2D eigenvalue weighted by atomic mass is 32.2. The monoisotopic (exact) mass is 274 g/mol. The van der Waals surface area contributed by atoms with Crippen LogP contribution < -0.4 is 0 Å². The predicted octanol–water partition coefficient (Wildman–Crippen LogP) is 1.03. The number of halogens is 3. The smallest absolute Gasteiger partial charge is 0.372 e. The molecule has 2 unspecified atom stereocenters. The van der Waals surface area contributed by atoms with Gasteiger partial charge in [-0.25, -0.2) is 0 Å². The maximum absolute atomic E-state index is 11.8. The summed E-state index contributed by atoms with van der Waals surface area (Å²) in [4.78, 5) is 0. The first-order chi connectivity index (χ1) is 7.69. The minimum absolute atomic E-state index is 0.101. The maximum Gasteiger partial charge on any atom is 0.411 e. The number of hydrogen-bond acceptors (Lipinski definition) is 4. The molecule has 0 aliphatic heterocycles. The van der Waals surface area contributed by atoms with Crippen molar-refractivity contribution in [1.82, 2.24) is 0 Å². The summed E-state index contributed by atoms with van der Waals surface area (Å²) in [5.41, 5.74) is 0. The molecule has 0 radical (unpaired) electrons. The third-order valence-corrected chi connectivity index (χ3v) is 3.76. The van der Waals surface area contributed by atoms with Crippen LogP contribution in [0.1, 0.15) is 0 Å². The predicted molar refractivity (Wildman–Crippen MR) is 51.6 cm³/mol. The number of alkyl halides is 3. The second-order valence-electron chi connectivity index (χ2n) is 4.60. The maximum atomic E-state index is 11.8. The van der Waals surface area contributed by atoms with Crippen LogP contribution in [0.15, 0.2) is 0 Å². The first-order valence-corrected chi connectivity index (χ1v) is 6.99. The molecule has 0 aromatic carbocycles. The quantitative estimate of drug-likeness (QED) is 0.679. The highest BCUT2D eigenvalue weighted by Gasteiger charge is 2.72. The summed E-state index contributed by atoms with van der Waals surface area (Å²) in [7, 11) is -3.42. The second kappa shape index (κ2) is 4.10. The first kappa shape index (κ1) is 13.1. The van der Waals surface area contributed by atoms with Gasteiger partial charge in [0.1, 0.15) is 6.61 Å². The molecule has 2 aliphatic carbocycles. The van der Waals surface area contributed by atoms with E-state index in [0.717, 1.165) is 6.26 Å². The molecule has 4 nitrogen and oxygen atoms in total. The Morgan fingerprint density at radius 2 is 1.65 bits per heavy atom. The molecule has 0 bridgehead atoms. The number of ether oxygens (including phenoxy) is 1. The molecule has 2 saturated carbocycles. The van der Waals surface area contributed by atoms with Crippen molar-refractivity contribution in [2.45, 2.75) is 6.18 Å². The molecule has 0 aromatic heterocycles. The summed E-state index contributed by atoms with van der Waals surface area (Å²) in [6.07, 6.45) is -3.30. The molecule has 8 heteroatoms. The molecule has 0 spiro atoms. The number of rotatable bonds is 6. The van der Waals surface area contributed by atoms with Crippen molar-refractivity contribution in [2.24, 2.45) is 23.7 Å². The van der Waals surface area contributed by atoms with Gasteiger partial charge in [-0.1, -0.05) is 0 Å². The molecule has 17 heavy (non-hydrogen) atoms. The summed E-state index contributed by atoms with van der Waals surface area (Å²) in [6.45, 7) is -0.971. The number of hydrogen-bond donors (Lipinski definition) is 0. The third-order valence-electron chi connectivity index (χ3n) is 3.19. The van der Waals surface area contributed by atoms with E-state index in [2.05, 4.69) is 8.92 Å². The van der Waals surface area contributed by atoms with Gasteiger partial charge >= 0.3 is 6.18 Å². The zero-order valence-electron chi connectivity index (χ0n) is 9.11. The molecule has 4 atom stereocenters. The standard InChI is InChI=1S/C9H13F3O4S/c1-17(13,14)16-3-6-7-5(8(6)7)2-15-4-9(10,11)12/h5-8H,2-4H2,1H3/t5?,6?,7-,8+. The van der Waals surface area contributed by atoms with E-state index in [1.54, 1.807) is 0 Å². The molecule has 100 valence electrons. The normalized spacial score (nSPS) is 35.5. The minimum Gasteiger partial charge on any atom is -0.372 e. The summed E-state index contributed by atoms with van der Waals surface area (Å²) in [6, 6.07) is 0. The van der Waals surface area contributed by atoms with Crippen molar-refractivity contribution < 1.29 is 30.5 Å². The Balaban J connectivity index is 1.55. The van der Waals surface area contributed by atoms with Crippen molar-refractivity contribution in [1.29, 1.82) is 0 Å². The SMILES string of the molecule is CS(=O)(=O)OCC1[C@H]2C(COCC(F)(F)F)[C@@H]12. The lowest BCUT2D eigenvalue weighted by atomic mass is 10.1. The molecular formula is C9H13F3O4S. The van der Waals surface area contributed by atoms with Crippen LogP contribution in [0, 0.1) is 23.7 Å². The fourth-order valence-corrected chi connectivity index (χ4v) is 2.71. The largest absolute Gasteiger partial charge is 0.411 e. The number of fused-ring (bicyclic) bond motifs is 1. The lowest BCUT2D eigenvalue weighted by Crippen LogP contribution is -2.20. The lowest BCUT2D eigenvalue weighted by Gasteiger charge is -2.12. The van der Waals surface area contributed by atoms with Crippen molar-refractivity contribution in [2.75, 3.05) is 26.1 Å². The molecule has 2 rings (SSSR count). The average Bonchev–Trinajstić information content (AvgIpc) is 2.94. The molecule has 0 amide bonds. The Kier molecular flexibility index (Phi) is 3.16. The molecule has 0 heterocycles. The van der Waals surface area contributed by atoms with Crippen molar-refractivity contribution in [3.05, 3.63) is 0 Å². The van der Waals surface area contributed by atoms with E-state index in [9.17, 15) is 21.6 Å². The van der Waals surface area contributed by atoms with Gasteiger partial charge < -0.3 is 4.74 Å². The Labute approximate surface area is 97.2 Å². The van der Waals surface area contributed by atoms with E-state index in [4.69, 9.17) is 0 Å². The van der Waals surface area contributed by atoms with Gasteiger partial charge in [0.15, 0.2) is 0 Å². The third kappa shape index (κ3) is 3.56. The van der Waals surface area contributed by atoms with Gasteiger partial charge in [0.05, 0.1) is 19.5 Å². The van der Waals surface area contributed by atoms with Gasteiger partial charge in [-0.3, -0.25) is 4.18 Å². The highest BCUT2D eigenvalue weighted by molar-refractivity contribution is 7.85. The summed E-state index contributed by atoms with van der Waals surface area (Å²) >= 11 is 0. The molecule has 2 fully saturated rings. The van der Waals surface area contributed by atoms with Crippen LogP contribution in [0.3, 0.4) is 0 Å². The van der Waals surface area contributed by atoms with E-state index >= 15 is 0 Å². The fraction of sp³-hybridized carbons (Fsp3) is 1.00. The molecule has 2 aliphatic rings. The zero-order chi connectivity index (χ0) is 12.8. The van der Waals surface area contributed by atoms with Crippen molar-refractivity contribution >= 4 is 10.1 Å². The molecular weight excluding hydrogens is 261 g/mol. The minimum atomic E-state index is -4.28. The van der Waals surface area contributed by atoms with Crippen molar-refractivity contribution in [3.63, 3.8) is 0 Å². The second-order valence-corrected chi connectivity index (χ2v) is 6.25. The highest BCUT2D eigenvalue weighted by Crippen LogP contribution is 2.73. The van der Waals surface area contributed by atoms with E-state index in [-0.39, 0.29) is 25.0 Å².